The number of hydrogen-bond acceptors (Lipinski definition) is 7. The molecule has 0 amide bonds. The molecule has 3 rings (SSSR count). The monoisotopic (exact) mass is 311 g/mol. The van der Waals surface area contributed by atoms with Gasteiger partial charge in [-0.2, -0.15) is 5.10 Å². The molecule has 1 aliphatic rings. The third kappa shape index (κ3) is 3.18. The number of anilines is 4. The fourth-order valence-corrected chi connectivity index (χ4v) is 2.57. The zero-order chi connectivity index (χ0) is 16.4. The lowest BCUT2D eigenvalue weighted by molar-refractivity contribution is 0.725. The molecule has 1 unspecified atom stereocenters. The predicted molar refractivity (Wildman–Crippen MR) is 94.8 cm³/mol. The maximum Gasteiger partial charge on any atom is 0.156 e. The number of benzene rings is 1. The number of hydrazone groups is 1. The van der Waals surface area contributed by atoms with Gasteiger partial charge in [0.1, 0.15) is 18.3 Å². The SMILES string of the molecule is CNc1cc(N2N=C(C)CC2Nc2cc(N)ccc2C)ncn1. The Hall–Kier alpha value is -2.83. The minimum atomic E-state index is -0.00453. The maximum atomic E-state index is 5.90. The van der Waals surface area contributed by atoms with Crippen LogP contribution in [0.3, 0.4) is 0 Å². The fraction of sp³-hybridized carbons (Fsp3) is 0.312. The van der Waals surface area contributed by atoms with E-state index in [0.29, 0.717) is 0 Å². The van der Waals surface area contributed by atoms with Crippen LogP contribution < -0.4 is 21.4 Å². The highest BCUT2D eigenvalue weighted by atomic mass is 15.6. The molecule has 0 saturated carbocycles. The van der Waals surface area contributed by atoms with E-state index in [4.69, 9.17) is 5.73 Å². The highest BCUT2D eigenvalue weighted by Gasteiger charge is 2.27. The summed E-state index contributed by atoms with van der Waals surface area (Å²) in [5.41, 5.74) is 9.84. The summed E-state index contributed by atoms with van der Waals surface area (Å²) in [5.74, 6) is 1.51. The van der Waals surface area contributed by atoms with Gasteiger partial charge in [0, 0.05) is 36.6 Å². The average Bonchev–Trinajstić information content (AvgIpc) is 2.91. The zero-order valence-corrected chi connectivity index (χ0v) is 13.5. The Morgan fingerprint density at radius 2 is 2.04 bits per heavy atom. The smallest absolute Gasteiger partial charge is 0.156 e. The van der Waals surface area contributed by atoms with Crippen molar-refractivity contribution >= 4 is 28.7 Å². The van der Waals surface area contributed by atoms with Crippen molar-refractivity contribution in [2.75, 3.05) is 28.4 Å². The molecule has 2 heterocycles. The first-order chi connectivity index (χ1) is 11.1. The molecule has 1 aliphatic heterocycles. The van der Waals surface area contributed by atoms with Gasteiger partial charge in [0.15, 0.2) is 5.82 Å². The highest BCUT2D eigenvalue weighted by Crippen LogP contribution is 2.27. The summed E-state index contributed by atoms with van der Waals surface area (Å²) in [7, 11) is 1.83. The van der Waals surface area contributed by atoms with E-state index in [1.165, 1.54) is 6.33 Å². The average molecular weight is 311 g/mol. The van der Waals surface area contributed by atoms with Crippen LogP contribution in [0.4, 0.5) is 23.0 Å². The first kappa shape index (κ1) is 15.1. The third-order valence-electron chi connectivity index (χ3n) is 3.79. The van der Waals surface area contributed by atoms with Gasteiger partial charge in [-0.3, -0.25) is 0 Å². The lowest BCUT2D eigenvalue weighted by atomic mass is 10.1. The van der Waals surface area contributed by atoms with Crippen LogP contribution in [0.25, 0.3) is 0 Å². The van der Waals surface area contributed by atoms with E-state index in [0.717, 1.165) is 40.7 Å². The summed E-state index contributed by atoms with van der Waals surface area (Å²) in [6.07, 6.45) is 2.34. The summed E-state index contributed by atoms with van der Waals surface area (Å²) in [5, 5.41) is 13.0. The van der Waals surface area contributed by atoms with Crippen LogP contribution in [0.1, 0.15) is 18.9 Å². The molecule has 2 aromatic rings. The Bertz CT molecular complexity index is 741. The minimum Gasteiger partial charge on any atom is -0.399 e. The normalized spacial score (nSPS) is 17.1. The number of rotatable bonds is 4. The number of hydrogen-bond donors (Lipinski definition) is 3. The van der Waals surface area contributed by atoms with Crippen molar-refractivity contribution in [2.45, 2.75) is 26.4 Å². The Morgan fingerprint density at radius 1 is 1.22 bits per heavy atom. The van der Waals surface area contributed by atoms with Crippen LogP contribution in [-0.2, 0) is 0 Å². The molecule has 0 spiro atoms. The Morgan fingerprint density at radius 3 is 2.83 bits per heavy atom. The molecule has 120 valence electrons. The van der Waals surface area contributed by atoms with Gasteiger partial charge in [-0.25, -0.2) is 15.0 Å². The minimum absolute atomic E-state index is 0.00453. The van der Waals surface area contributed by atoms with E-state index in [-0.39, 0.29) is 6.17 Å². The standard InChI is InChI=1S/C16H21N7/c1-10-4-5-12(17)7-13(10)21-16-6-11(2)22-23(16)15-8-14(18-3)19-9-20-15/h4-5,7-9,16,21H,6,17H2,1-3H3,(H,18,19,20). The second kappa shape index (κ2) is 6.12. The molecule has 23 heavy (non-hydrogen) atoms. The molecule has 1 atom stereocenters. The third-order valence-corrected chi connectivity index (χ3v) is 3.79. The van der Waals surface area contributed by atoms with Crippen LogP contribution >= 0.6 is 0 Å². The zero-order valence-electron chi connectivity index (χ0n) is 13.5. The van der Waals surface area contributed by atoms with Gasteiger partial charge in [0.05, 0.1) is 0 Å². The van der Waals surface area contributed by atoms with Crippen molar-refractivity contribution in [1.29, 1.82) is 0 Å². The summed E-state index contributed by atoms with van der Waals surface area (Å²) >= 11 is 0. The molecule has 0 radical (unpaired) electrons. The van der Waals surface area contributed by atoms with Gasteiger partial charge in [0.2, 0.25) is 0 Å². The second-order valence-electron chi connectivity index (χ2n) is 5.63. The number of nitrogen functional groups attached to an aromatic ring is 1. The molecule has 1 aromatic heterocycles. The number of aromatic nitrogens is 2. The van der Waals surface area contributed by atoms with E-state index >= 15 is 0 Å². The maximum absolute atomic E-state index is 5.90. The number of aryl methyl sites for hydroxylation is 1. The molecular weight excluding hydrogens is 290 g/mol. The Balaban J connectivity index is 1.88. The lowest BCUT2D eigenvalue weighted by Crippen LogP contribution is -2.34. The van der Waals surface area contributed by atoms with Gasteiger partial charge in [-0.05, 0) is 31.5 Å². The summed E-state index contributed by atoms with van der Waals surface area (Å²) in [6.45, 7) is 4.07. The molecule has 4 N–H and O–H groups in total. The van der Waals surface area contributed by atoms with Crippen LogP contribution in [0.2, 0.25) is 0 Å². The van der Waals surface area contributed by atoms with Crippen LogP contribution in [0.15, 0.2) is 35.7 Å². The Labute approximate surface area is 135 Å². The fourth-order valence-electron chi connectivity index (χ4n) is 2.57. The molecular formula is C16H21N7. The topological polar surface area (TPSA) is 91.5 Å². The first-order valence-corrected chi connectivity index (χ1v) is 7.52. The molecule has 7 heteroatoms. The van der Waals surface area contributed by atoms with E-state index in [2.05, 4.69) is 32.6 Å². The molecule has 0 saturated heterocycles. The van der Waals surface area contributed by atoms with Crippen molar-refractivity contribution in [1.82, 2.24) is 9.97 Å². The van der Waals surface area contributed by atoms with Crippen molar-refractivity contribution in [3.05, 3.63) is 36.2 Å². The van der Waals surface area contributed by atoms with Crippen molar-refractivity contribution in [3.63, 3.8) is 0 Å². The summed E-state index contributed by atoms with van der Waals surface area (Å²) < 4.78 is 0. The van der Waals surface area contributed by atoms with Crippen molar-refractivity contribution < 1.29 is 0 Å². The van der Waals surface area contributed by atoms with Gasteiger partial charge >= 0.3 is 0 Å². The van der Waals surface area contributed by atoms with Gasteiger partial charge < -0.3 is 16.4 Å². The number of nitrogens with zero attached hydrogens (tertiary/aromatic N) is 4. The molecule has 1 aromatic carbocycles. The molecule has 0 bridgehead atoms. The van der Waals surface area contributed by atoms with Gasteiger partial charge in [0.25, 0.3) is 0 Å². The van der Waals surface area contributed by atoms with Gasteiger partial charge in [-0.15, -0.1) is 0 Å². The van der Waals surface area contributed by atoms with Crippen molar-refractivity contribution in [3.8, 4) is 0 Å². The van der Waals surface area contributed by atoms with Gasteiger partial charge in [-0.1, -0.05) is 6.07 Å². The molecule has 0 aliphatic carbocycles. The van der Waals surface area contributed by atoms with Crippen molar-refractivity contribution in [2.24, 2.45) is 5.10 Å². The molecule has 7 nitrogen and oxygen atoms in total. The highest BCUT2D eigenvalue weighted by molar-refractivity contribution is 5.87. The Kier molecular flexibility index (Phi) is 4.01. The lowest BCUT2D eigenvalue weighted by Gasteiger charge is -2.25. The van der Waals surface area contributed by atoms with Crippen LogP contribution in [0, 0.1) is 6.92 Å². The van der Waals surface area contributed by atoms with E-state index in [9.17, 15) is 0 Å². The summed E-state index contributed by atoms with van der Waals surface area (Å²) in [4.78, 5) is 8.49. The predicted octanol–water partition coefficient (Wildman–Crippen LogP) is 2.43. The van der Waals surface area contributed by atoms with E-state index in [1.807, 2.05) is 43.2 Å². The summed E-state index contributed by atoms with van der Waals surface area (Å²) in [6, 6.07) is 7.73. The van der Waals surface area contributed by atoms with E-state index in [1.54, 1.807) is 0 Å². The quantitative estimate of drug-likeness (QED) is 0.751. The van der Waals surface area contributed by atoms with Crippen LogP contribution in [0.5, 0.6) is 0 Å². The van der Waals surface area contributed by atoms with E-state index < -0.39 is 0 Å². The largest absolute Gasteiger partial charge is 0.399 e. The second-order valence-corrected chi connectivity index (χ2v) is 5.63. The number of nitrogens with one attached hydrogen (secondary N) is 2. The molecule has 0 fully saturated rings. The van der Waals surface area contributed by atoms with Crippen LogP contribution in [-0.4, -0.2) is 28.9 Å². The number of nitrogens with two attached hydrogens (primary N) is 1. The first-order valence-electron chi connectivity index (χ1n) is 7.52.